The summed E-state index contributed by atoms with van der Waals surface area (Å²) in [7, 11) is 0. The summed E-state index contributed by atoms with van der Waals surface area (Å²) in [6.07, 6.45) is 2.18. The van der Waals surface area contributed by atoms with Gasteiger partial charge in [-0.1, -0.05) is 13.8 Å². The van der Waals surface area contributed by atoms with Crippen LogP contribution >= 0.6 is 11.8 Å². The van der Waals surface area contributed by atoms with Crippen LogP contribution in [0.3, 0.4) is 0 Å². The molecule has 0 bridgehead atoms. The molecule has 120 valence electrons. The highest BCUT2D eigenvalue weighted by Crippen LogP contribution is 2.58. The number of hydrogen-bond acceptors (Lipinski definition) is 4. The van der Waals surface area contributed by atoms with Crippen molar-refractivity contribution in [3.05, 3.63) is 0 Å². The first-order valence-corrected chi connectivity index (χ1v) is 9.02. The van der Waals surface area contributed by atoms with Crippen LogP contribution in [-0.2, 0) is 9.53 Å². The Labute approximate surface area is 132 Å². The topological polar surface area (TPSA) is 55.6 Å². The van der Waals surface area contributed by atoms with E-state index in [0.29, 0.717) is 0 Å². The molecule has 2 saturated heterocycles. The van der Waals surface area contributed by atoms with Crippen LogP contribution in [0.4, 0.5) is 0 Å². The average molecular weight is 312 g/mol. The summed E-state index contributed by atoms with van der Waals surface area (Å²) in [4.78, 5) is 15.2. The van der Waals surface area contributed by atoms with Crippen molar-refractivity contribution in [3.8, 4) is 0 Å². The molecule has 3 aliphatic rings. The van der Waals surface area contributed by atoms with Crippen molar-refractivity contribution in [1.29, 1.82) is 0 Å². The van der Waals surface area contributed by atoms with Crippen LogP contribution in [0.5, 0.6) is 0 Å². The number of hydrogen-bond donors (Lipinski definition) is 1. The quantitative estimate of drug-likeness (QED) is 0.803. The van der Waals surface area contributed by atoms with Crippen LogP contribution in [0.15, 0.2) is 0 Å². The molecule has 21 heavy (non-hydrogen) atoms. The summed E-state index contributed by atoms with van der Waals surface area (Å²) in [6.45, 7) is 11.0. The van der Waals surface area contributed by atoms with Crippen LogP contribution in [-0.4, -0.2) is 52.6 Å². The Bertz CT molecular complexity index is 452. The molecule has 1 saturated carbocycles. The summed E-state index contributed by atoms with van der Waals surface area (Å²) in [5.41, 5.74) is 5.69. The number of thioether (sulfide) groups is 1. The number of amides is 1. The van der Waals surface area contributed by atoms with Gasteiger partial charge in [-0.05, 0) is 26.7 Å². The van der Waals surface area contributed by atoms with Gasteiger partial charge in [0.25, 0.3) is 0 Å². The molecule has 3 rings (SSSR count). The van der Waals surface area contributed by atoms with Crippen molar-refractivity contribution in [2.75, 3.05) is 25.4 Å². The molecule has 5 heteroatoms. The molecule has 4 nitrogen and oxygen atoms in total. The zero-order valence-electron chi connectivity index (χ0n) is 13.6. The largest absolute Gasteiger partial charge is 0.377 e. The Balaban J connectivity index is 1.83. The summed E-state index contributed by atoms with van der Waals surface area (Å²) in [5, 5.41) is 0. The first kappa shape index (κ1) is 15.6. The molecule has 3 unspecified atom stereocenters. The van der Waals surface area contributed by atoms with Crippen molar-refractivity contribution in [3.63, 3.8) is 0 Å². The Hall–Kier alpha value is -0.260. The van der Waals surface area contributed by atoms with Gasteiger partial charge in [0.05, 0.1) is 6.10 Å². The van der Waals surface area contributed by atoms with Gasteiger partial charge in [0.15, 0.2) is 0 Å². The van der Waals surface area contributed by atoms with Crippen molar-refractivity contribution < 1.29 is 9.53 Å². The van der Waals surface area contributed by atoms with Crippen LogP contribution in [0.1, 0.15) is 40.5 Å². The van der Waals surface area contributed by atoms with Crippen LogP contribution < -0.4 is 5.73 Å². The van der Waals surface area contributed by atoms with Gasteiger partial charge in [-0.25, -0.2) is 0 Å². The van der Waals surface area contributed by atoms with Crippen molar-refractivity contribution in [2.45, 2.75) is 56.9 Å². The van der Waals surface area contributed by atoms with Crippen LogP contribution in [0.2, 0.25) is 0 Å². The molecule has 1 aliphatic carbocycles. The van der Waals surface area contributed by atoms with Gasteiger partial charge in [0.2, 0.25) is 5.91 Å². The third-order valence-corrected chi connectivity index (χ3v) is 7.05. The molecule has 0 aromatic carbocycles. The normalized spacial score (nSPS) is 41.1. The van der Waals surface area contributed by atoms with Crippen LogP contribution in [0.25, 0.3) is 0 Å². The molecule has 3 atom stereocenters. The van der Waals surface area contributed by atoms with Crippen molar-refractivity contribution >= 4 is 17.7 Å². The number of fused-ring (bicyclic) bond motifs is 1. The minimum atomic E-state index is -0.754. The van der Waals surface area contributed by atoms with Gasteiger partial charge in [-0.15, -0.1) is 0 Å². The maximum Gasteiger partial charge on any atom is 0.243 e. The maximum absolute atomic E-state index is 13.2. The lowest BCUT2D eigenvalue weighted by Crippen LogP contribution is -2.82. The van der Waals surface area contributed by atoms with E-state index in [-0.39, 0.29) is 28.1 Å². The second kappa shape index (κ2) is 4.87. The maximum atomic E-state index is 13.2. The molecule has 0 radical (unpaired) electrons. The first-order chi connectivity index (χ1) is 9.70. The van der Waals surface area contributed by atoms with Gasteiger partial charge in [0.1, 0.15) is 5.54 Å². The predicted molar refractivity (Wildman–Crippen MR) is 86.3 cm³/mol. The van der Waals surface area contributed by atoms with E-state index in [1.54, 1.807) is 0 Å². The monoisotopic (exact) mass is 312 g/mol. The smallest absolute Gasteiger partial charge is 0.243 e. The number of ether oxygens (including phenoxy) is 1. The second-order valence-corrected chi connectivity index (χ2v) is 9.77. The predicted octanol–water partition coefficient (Wildman–Crippen LogP) is 1.87. The van der Waals surface area contributed by atoms with E-state index in [4.69, 9.17) is 10.5 Å². The Kier molecular flexibility index (Phi) is 3.62. The zero-order chi connectivity index (χ0) is 15.5. The van der Waals surface area contributed by atoms with Gasteiger partial charge >= 0.3 is 0 Å². The number of nitrogens with two attached hydrogens (primary N) is 1. The number of carbonyl (C=O) groups is 1. The molecular weight excluding hydrogens is 284 g/mol. The molecule has 0 spiro atoms. The van der Waals surface area contributed by atoms with Gasteiger partial charge in [-0.3, -0.25) is 4.79 Å². The number of nitrogens with zero attached hydrogens (tertiary/aromatic N) is 1. The van der Waals surface area contributed by atoms with Crippen molar-refractivity contribution in [1.82, 2.24) is 4.90 Å². The second-order valence-electron chi connectivity index (χ2n) is 7.97. The number of rotatable bonds is 1. The van der Waals surface area contributed by atoms with Gasteiger partial charge in [-0.2, -0.15) is 11.8 Å². The molecule has 1 amide bonds. The van der Waals surface area contributed by atoms with E-state index in [1.807, 2.05) is 16.7 Å². The molecule has 0 aromatic rings. The fourth-order valence-electron chi connectivity index (χ4n) is 4.46. The fourth-order valence-corrected chi connectivity index (χ4v) is 5.57. The molecule has 3 fully saturated rings. The van der Waals surface area contributed by atoms with Crippen LogP contribution in [0, 0.1) is 11.3 Å². The van der Waals surface area contributed by atoms with E-state index in [9.17, 15) is 4.79 Å². The molecule has 2 heterocycles. The molecule has 2 N–H and O–H groups in total. The van der Waals surface area contributed by atoms with E-state index in [1.165, 1.54) is 0 Å². The summed E-state index contributed by atoms with van der Waals surface area (Å²) < 4.78 is 6.04. The fraction of sp³-hybridized carbons (Fsp3) is 0.938. The molecule has 0 aromatic heterocycles. The SMILES string of the molecule is CC1(C)CN(C(=O)C2(N)C3CCCOC3C2(C)C)CCS1. The standard InChI is InChI=1S/C16H28N2O2S/c1-14(2)10-18(7-9-21-14)13(19)16(17)11-6-5-8-20-12(11)15(16,3)4/h11-12H,5-10,17H2,1-4H3. The number of carbonyl (C=O) groups excluding carboxylic acids is 1. The summed E-state index contributed by atoms with van der Waals surface area (Å²) in [5.74, 6) is 1.33. The highest BCUT2D eigenvalue weighted by atomic mass is 32.2. The third-order valence-electron chi connectivity index (χ3n) is 5.75. The lowest BCUT2D eigenvalue weighted by molar-refractivity contribution is -0.230. The highest BCUT2D eigenvalue weighted by Gasteiger charge is 2.71. The zero-order valence-corrected chi connectivity index (χ0v) is 14.5. The minimum Gasteiger partial charge on any atom is -0.377 e. The molecular formula is C16H28N2O2S. The minimum absolute atomic E-state index is 0.126. The van der Waals surface area contributed by atoms with E-state index in [0.717, 1.165) is 38.3 Å². The molecule has 2 aliphatic heterocycles. The lowest BCUT2D eigenvalue weighted by atomic mass is 9.46. The van der Waals surface area contributed by atoms with Gasteiger partial charge in [0, 0.05) is 41.5 Å². The summed E-state index contributed by atoms with van der Waals surface area (Å²) in [6, 6.07) is 0. The van der Waals surface area contributed by atoms with E-state index in [2.05, 4.69) is 27.7 Å². The first-order valence-electron chi connectivity index (χ1n) is 8.04. The Morgan fingerprint density at radius 2 is 2.05 bits per heavy atom. The lowest BCUT2D eigenvalue weighted by Gasteiger charge is -2.66. The van der Waals surface area contributed by atoms with E-state index >= 15 is 0 Å². The third kappa shape index (κ3) is 2.15. The van der Waals surface area contributed by atoms with Gasteiger partial charge < -0.3 is 15.4 Å². The van der Waals surface area contributed by atoms with E-state index < -0.39 is 5.54 Å². The van der Waals surface area contributed by atoms with Crippen molar-refractivity contribution in [2.24, 2.45) is 17.1 Å². The summed E-state index contributed by atoms with van der Waals surface area (Å²) >= 11 is 1.94. The Morgan fingerprint density at radius 1 is 1.33 bits per heavy atom. The average Bonchev–Trinajstić information content (AvgIpc) is 2.44. The highest BCUT2D eigenvalue weighted by molar-refractivity contribution is 8.00. The Morgan fingerprint density at radius 3 is 2.71 bits per heavy atom.